The Morgan fingerprint density at radius 1 is 0.974 bits per heavy atom. The van der Waals surface area contributed by atoms with E-state index in [1.165, 1.54) is 7.11 Å². The third kappa shape index (κ3) is 7.00. The van der Waals surface area contributed by atoms with Crippen LogP contribution in [0.5, 0.6) is 5.75 Å². The fourth-order valence-electron chi connectivity index (χ4n) is 4.59. The quantitative estimate of drug-likeness (QED) is 0.241. The van der Waals surface area contributed by atoms with Crippen LogP contribution < -0.4 is 10.1 Å². The predicted molar refractivity (Wildman–Crippen MR) is 146 cm³/mol. The lowest BCUT2D eigenvalue weighted by Gasteiger charge is -2.30. The Bertz CT molecular complexity index is 1200. The van der Waals surface area contributed by atoms with Gasteiger partial charge in [0.15, 0.2) is 0 Å². The molecular formula is C31H36N2O5. The first-order valence-corrected chi connectivity index (χ1v) is 13.1. The van der Waals surface area contributed by atoms with Crippen molar-refractivity contribution in [1.29, 1.82) is 0 Å². The van der Waals surface area contributed by atoms with Crippen molar-refractivity contribution >= 4 is 11.9 Å². The van der Waals surface area contributed by atoms with Gasteiger partial charge in [-0.3, -0.25) is 14.9 Å². The minimum atomic E-state index is -0.374. The number of hydrogen-bond donors (Lipinski definition) is 1. The number of rotatable bonds is 13. The molecule has 0 fully saturated rings. The number of carbonyl (C=O) groups is 2. The summed E-state index contributed by atoms with van der Waals surface area (Å²) in [5.74, 6) is 0.383. The van der Waals surface area contributed by atoms with Crippen LogP contribution in [-0.2, 0) is 20.9 Å². The van der Waals surface area contributed by atoms with E-state index < -0.39 is 0 Å². The third-order valence-electron chi connectivity index (χ3n) is 6.54. The van der Waals surface area contributed by atoms with E-state index in [1.807, 2.05) is 97.6 Å². The Kier molecular flexibility index (Phi) is 9.51. The first-order valence-electron chi connectivity index (χ1n) is 13.1. The van der Waals surface area contributed by atoms with E-state index in [-0.39, 0.29) is 36.6 Å². The fraction of sp³-hybridized carbons (Fsp3) is 0.355. The molecular weight excluding hydrogens is 480 g/mol. The van der Waals surface area contributed by atoms with Crippen LogP contribution in [0.2, 0.25) is 0 Å². The van der Waals surface area contributed by atoms with Crippen LogP contribution in [0.25, 0.3) is 0 Å². The molecule has 0 radical (unpaired) electrons. The molecule has 3 aromatic carbocycles. The molecule has 2 atom stereocenters. The van der Waals surface area contributed by atoms with Gasteiger partial charge in [0.1, 0.15) is 18.5 Å². The molecule has 1 aliphatic rings. The lowest BCUT2D eigenvalue weighted by molar-refractivity contribution is -0.141. The summed E-state index contributed by atoms with van der Waals surface area (Å²) in [6, 6.07) is 24.9. The number of nitrogens with one attached hydrogen (secondary N) is 1. The number of methoxy groups -OCH3 is 1. The zero-order valence-electron chi connectivity index (χ0n) is 22.3. The standard InChI is InChI=1S/C31H36N2O5/c1-22(2)37-19-9-18-33-30(26-12-7-8-13-27(26)31(33)35)32-28(20-29(34)36-3)24-14-16-25(17-15-24)38-21-23-10-5-4-6-11-23/h4-8,10-17,22,28,30,32H,9,18-21H2,1-3H3. The van der Waals surface area contributed by atoms with Crippen molar-refractivity contribution in [3.05, 3.63) is 101 Å². The van der Waals surface area contributed by atoms with Gasteiger partial charge in [-0.25, -0.2) is 0 Å². The number of hydrogen-bond acceptors (Lipinski definition) is 6. The van der Waals surface area contributed by atoms with Gasteiger partial charge in [0.25, 0.3) is 5.91 Å². The van der Waals surface area contributed by atoms with Gasteiger partial charge in [-0.15, -0.1) is 0 Å². The van der Waals surface area contributed by atoms with Crippen molar-refractivity contribution < 1.29 is 23.8 Å². The highest BCUT2D eigenvalue weighted by Crippen LogP contribution is 2.35. The Morgan fingerprint density at radius 2 is 1.68 bits per heavy atom. The molecule has 0 spiro atoms. The predicted octanol–water partition coefficient (Wildman–Crippen LogP) is 5.43. The average molecular weight is 517 g/mol. The Morgan fingerprint density at radius 3 is 2.39 bits per heavy atom. The highest BCUT2D eigenvalue weighted by atomic mass is 16.5. The molecule has 1 aliphatic heterocycles. The summed E-state index contributed by atoms with van der Waals surface area (Å²) in [7, 11) is 1.38. The minimum absolute atomic E-state index is 0.0240. The highest BCUT2D eigenvalue weighted by Gasteiger charge is 2.37. The van der Waals surface area contributed by atoms with E-state index in [1.54, 1.807) is 0 Å². The molecule has 0 aliphatic carbocycles. The van der Waals surface area contributed by atoms with E-state index in [2.05, 4.69) is 5.32 Å². The van der Waals surface area contributed by atoms with E-state index in [9.17, 15) is 9.59 Å². The molecule has 4 rings (SSSR count). The number of amides is 1. The molecule has 0 bridgehead atoms. The number of nitrogens with zero attached hydrogens (tertiary/aromatic N) is 1. The zero-order chi connectivity index (χ0) is 26.9. The lowest BCUT2D eigenvalue weighted by Crippen LogP contribution is -2.40. The fourth-order valence-corrected chi connectivity index (χ4v) is 4.59. The highest BCUT2D eigenvalue weighted by molar-refractivity contribution is 5.99. The second kappa shape index (κ2) is 13.2. The lowest BCUT2D eigenvalue weighted by atomic mass is 10.0. The number of ether oxygens (including phenoxy) is 3. The molecule has 1 amide bonds. The molecule has 200 valence electrons. The van der Waals surface area contributed by atoms with Crippen LogP contribution in [0.3, 0.4) is 0 Å². The van der Waals surface area contributed by atoms with Crippen molar-refractivity contribution in [2.75, 3.05) is 20.3 Å². The SMILES string of the molecule is COC(=O)CC(NC1c2ccccc2C(=O)N1CCCOC(C)C)c1ccc(OCc2ccccc2)cc1. The summed E-state index contributed by atoms with van der Waals surface area (Å²) in [4.78, 5) is 27.5. The number of esters is 1. The van der Waals surface area contributed by atoms with E-state index >= 15 is 0 Å². The monoisotopic (exact) mass is 516 g/mol. The normalized spacial score (nSPS) is 15.4. The molecule has 0 saturated heterocycles. The minimum Gasteiger partial charge on any atom is -0.489 e. The van der Waals surface area contributed by atoms with E-state index in [0.29, 0.717) is 31.7 Å². The topological polar surface area (TPSA) is 77.1 Å². The number of benzene rings is 3. The molecule has 3 aromatic rings. The van der Waals surface area contributed by atoms with Crippen molar-refractivity contribution in [3.63, 3.8) is 0 Å². The largest absolute Gasteiger partial charge is 0.489 e. The van der Waals surface area contributed by atoms with E-state index in [4.69, 9.17) is 14.2 Å². The van der Waals surface area contributed by atoms with Crippen LogP contribution >= 0.6 is 0 Å². The van der Waals surface area contributed by atoms with E-state index in [0.717, 1.165) is 22.4 Å². The van der Waals surface area contributed by atoms with Gasteiger partial charge in [0, 0.05) is 30.3 Å². The van der Waals surface area contributed by atoms with Crippen molar-refractivity contribution in [3.8, 4) is 5.75 Å². The molecule has 7 heteroatoms. The number of fused-ring (bicyclic) bond motifs is 1. The summed E-state index contributed by atoms with van der Waals surface area (Å²) in [6.45, 7) is 5.57. The van der Waals surface area contributed by atoms with Crippen LogP contribution in [-0.4, -0.2) is 43.1 Å². The first kappa shape index (κ1) is 27.4. The van der Waals surface area contributed by atoms with Gasteiger partial charge in [-0.05, 0) is 49.6 Å². The van der Waals surface area contributed by atoms with Crippen LogP contribution in [0.1, 0.15) is 65.9 Å². The summed E-state index contributed by atoms with van der Waals surface area (Å²) in [6.07, 6.45) is 0.601. The summed E-state index contributed by atoms with van der Waals surface area (Å²) in [5, 5.41) is 3.58. The maximum Gasteiger partial charge on any atom is 0.307 e. The molecule has 2 unspecified atom stereocenters. The first-order chi connectivity index (χ1) is 18.5. The van der Waals surface area contributed by atoms with Crippen molar-refractivity contribution in [1.82, 2.24) is 10.2 Å². The van der Waals surface area contributed by atoms with Crippen molar-refractivity contribution in [2.45, 2.75) is 51.6 Å². The number of carbonyl (C=O) groups excluding carboxylic acids is 2. The van der Waals surface area contributed by atoms with Crippen molar-refractivity contribution in [2.24, 2.45) is 0 Å². The Hall–Kier alpha value is -3.68. The molecule has 0 aromatic heterocycles. The molecule has 1 N–H and O–H groups in total. The molecule has 7 nitrogen and oxygen atoms in total. The van der Waals surface area contributed by atoms with Crippen LogP contribution in [0.15, 0.2) is 78.9 Å². The van der Waals surface area contributed by atoms with Crippen LogP contribution in [0.4, 0.5) is 0 Å². The van der Waals surface area contributed by atoms with Gasteiger partial charge < -0.3 is 19.1 Å². The van der Waals surface area contributed by atoms with Crippen LogP contribution in [0, 0.1) is 0 Å². The molecule has 1 heterocycles. The smallest absolute Gasteiger partial charge is 0.307 e. The maximum atomic E-state index is 13.3. The van der Waals surface area contributed by atoms with Gasteiger partial charge in [0.2, 0.25) is 0 Å². The average Bonchev–Trinajstić information content (AvgIpc) is 3.20. The molecule has 0 saturated carbocycles. The summed E-state index contributed by atoms with van der Waals surface area (Å²) >= 11 is 0. The maximum absolute atomic E-state index is 13.3. The van der Waals surface area contributed by atoms with Gasteiger partial charge in [0.05, 0.1) is 19.6 Å². The zero-order valence-corrected chi connectivity index (χ0v) is 22.3. The van der Waals surface area contributed by atoms with Gasteiger partial charge in [-0.2, -0.15) is 0 Å². The third-order valence-corrected chi connectivity index (χ3v) is 6.54. The second-order valence-corrected chi connectivity index (χ2v) is 9.60. The van der Waals surface area contributed by atoms with Gasteiger partial charge >= 0.3 is 5.97 Å². The van der Waals surface area contributed by atoms with Gasteiger partial charge in [-0.1, -0.05) is 60.7 Å². The Labute approximate surface area is 224 Å². The summed E-state index contributed by atoms with van der Waals surface area (Å²) in [5.41, 5.74) is 3.57. The second-order valence-electron chi connectivity index (χ2n) is 9.60. The Balaban J connectivity index is 1.52. The summed E-state index contributed by atoms with van der Waals surface area (Å²) < 4.78 is 16.6. The molecule has 38 heavy (non-hydrogen) atoms.